The monoisotopic (exact) mass is 247 g/mol. The molecule has 0 bridgehead atoms. The molecule has 0 aliphatic carbocycles. The van der Waals surface area contributed by atoms with Gasteiger partial charge in [0.25, 0.3) is 0 Å². The lowest BCUT2D eigenvalue weighted by Gasteiger charge is -2.08. The summed E-state index contributed by atoms with van der Waals surface area (Å²) in [5.41, 5.74) is 2.36. The first kappa shape index (κ1) is 12.0. The van der Waals surface area contributed by atoms with Crippen molar-refractivity contribution >= 4 is 17.4 Å². The van der Waals surface area contributed by atoms with Crippen molar-refractivity contribution in [2.24, 2.45) is 0 Å². The lowest BCUT2D eigenvalue weighted by molar-refractivity contribution is 0.627. The summed E-state index contributed by atoms with van der Waals surface area (Å²) in [6.45, 7) is 3.82. The predicted molar refractivity (Wildman–Crippen MR) is 73.5 cm³/mol. The van der Waals surface area contributed by atoms with Crippen LogP contribution in [0.15, 0.2) is 41.4 Å². The molecule has 4 heteroatoms. The molecule has 2 aromatic rings. The number of hydrogen-bond donors (Lipinski definition) is 1. The van der Waals surface area contributed by atoms with E-state index in [1.165, 1.54) is 10.6 Å². The Morgan fingerprint density at radius 3 is 3.00 bits per heavy atom. The van der Waals surface area contributed by atoms with E-state index in [-0.39, 0.29) is 0 Å². The van der Waals surface area contributed by atoms with Gasteiger partial charge >= 0.3 is 0 Å². The van der Waals surface area contributed by atoms with Crippen molar-refractivity contribution in [2.45, 2.75) is 24.9 Å². The van der Waals surface area contributed by atoms with Gasteiger partial charge in [-0.2, -0.15) is 5.10 Å². The van der Waals surface area contributed by atoms with Gasteiger partial charge in [-0.3, -0.25) is 4.68 Å². The van der Waals surface area contributed by atoms with Crippen molar-refractivity contribution in [2.75, 3.05) is 11.6 Å². The summed E-state index contributed by atoms with van der Waals surface area (Å²) in [5, 5.41) is 7.68. The van der Waals surface area contributed by atoms with Gasteiger partial charge in [0.2, 0.25) is 0 Å². The summed E-state index contributed by atoms with van der Waals surface area (Å²) in [5.74, 6) is 0. The maximum absolute atomic E-state index is 4.25. The van der Waals surface area contributed by atoms with Crippen LogP contribution in [0, 0.1) is 0 Å². The molecule has 0 radical (unpaired) electrons. The third-order valence-electron chi connectivity index (χ3n) is 2.65. The summed E-state index contributed by atoms with van der Waals surface area (Å²) < 4.78 is 2.01. The molecule has 0 saturated heterocycles. The summed E-state index contributed by atoms with van der Waals surface area (Å²) in [4.78, 5) is 1.28. The zero-order valence-electron chi connectivity index (χ0n) is 10.2. The minimum atomic E-state index is 0.811. The van der Waals surface area contributed by atoms with Gasteiger partial charge in [0.15, 0.2) is 0 Å². The first-order valence-electron chi connectivity index (χ1n) is 5.72. The highest BCUT2D eigenvalue weighted by Crippen LogP contribution is 2.19. The Morgan fingerprint density at radius 1 is 1.35 bits per heavy atom. The Hall–Kier alpha value is -1.42. The van der Waals surface area contributed by atoms with Gasteiger partial charge in [-0.25, -0.2) is 0 Å². The van der Waals surface area contributed by atoms with E-state index in [0.29, 0.717) is 0 Å². The lowest BCUT2D eigenvalue weighted by Crippen LogP contribution is -2.07. The minimum absolute atomic E-state index is 0.811. The third-order valence-corrected chi connectivity index (χ3v) is 3.37. The molecule has 3 nitrogen and oxygen atoms in total. The molecule has 0 atom stereocenters. The van der Waals surface area contributed by atoms with Crippen molar-refractivity contribution in [1.82, 2.24) is 9.78 Å². The molecule has 0 amide bonds. The third kappa shape index (κ3) is 3.03. The highest BCUT2D eigenvalue weighted by atomic mass is 32.2. The number of rotatable bonds is 5. The number of hydrogen-bond acceptors (Lipinski definition) is 3. The zero-order valence-corrected chi connectivity index (χ0v) is 11.0. The number of nitrogens with zero attached hydrogens (tertiary/aromatic N) is 2. The maximum atomic E-state index is 4.25. The van der Waals surface area contributed by atoms with Crippen LogP contribution in [0.25, 0.3) is 0 Å². The summed E-state index contributed by atoms with van der Waals surface area (Å²) in [6.07, 6.45) is 3.93. The quantitative estimate of drug-likeness (QED) is 0.823. The topological polar surface area (TPSA) is 29.9 Å². The standard InChI is InChI=1S/C13H17N3S/c1-3-16-12(7-8-15-16)10-14-11-5-4-6-13(9-11)17-2/h4-9,14H,3,10H2,1-2H3. The number of anilines is 1. The Labute approximate surface area is 106 Å². The van der Waals surface area contributed by atoms with Crippen molar-refractivity contribution in [1.29, 1.82) is 0 Å². The summed E-state index contributed by atoms with van der Waals surface area (Å²) >= 11 is 1.76. The van der Waals surface area contributed by atoms with Crippen molar-refractivity contribution in [3.05, 3.63) is 42.2 Å². The Morgan fingerprint density at radius 2 is 2.24 bits per heavy atom. The van der Waals surface area contributed by atoms with E-state index in [1.807, 2.05) is 10.9 Å². The summed E-state index contributed by atoms with van der Waals surface area (Å²) in [6, 6.07) is 10.5. The molecule has 0 fully saturated rings. The molecule has 1 heterocycles. The second-order valence-corrected chi connectivity index (χ2v) is 4.60. The molecule has 90 valence electrons. The molecule has 0 spiro atoms. The highest BCUT2D eigenvalue weighted by molar-refractivity contribution is 7.98. The van der Waals surface area contributed by atoms with Crippen molar-refractivity contribution in [3.8, 4) is 0 Å². The zero-order chi connectivity index (χ0) is 12.1. The number of nitrogens with one attached hydrogen (secondary N) is 1. The van der Waals surface area contributed by atoms with E-state index in [9.17, 15) is 0 Å². The molecule has 0 aliphatic heterocycles. The normalized spacial score (nSPS) is 10.5. The largest absolute Gasteiger partial charge is 0.379 e. The van der Waals surface area contributed by atoms with E-state index in [2.05, 4.69) is 53.9 Å². The van der Waals surface area contributed by atoms with Crippen LogP contribution in [0.4, 0.5) is 5.69 Å². The Balaban J connectivity index is 2.02. The molecule has 1 N–H and O–H groups in total. The van der Waals surface area contributed by atoms with Gasteiger partial charge in [0.05, 0.1) is 12.2 Å². The SMILES string of the molecule is CCn1nccc1CNc1cccc(SC)c1. The van der Waals surface area contributed by atoms with Gasteiger partial charge in [-0.1, -0.05) is 6.07 Å². The molecule has 1 aromatic carbocycles. The van der Waals surface area contributed by atoms with Gasteiger partial charge in [-0.15, -0.1) is 11.8 Å². The molecule has 17 heavy (non-hydrogen) atoms. The molecule has 0 unspecified atom stereocenters. The second-order valence-electron chi connectivity index (χ2n) is 3.72. The fourth-order valence-corrected chi connectivity index (χ4v) is 2.18. The molecule has 0 aliphatic rings. The van der Waals surface area contributed by atoms with Gasteiger partial charge in [0, 0.05) is 23.3 Å². The van der Waals surface area contributed by atoms with E-state index >= 15 is 0 Å². The smallest absolute Gasteiger partial charge is 0.0575 e. The summed E-state index contributed by atoms with van der Waals surface area (Å²) in [7, 11) is 0. The lowest BCUT2D eigenvalue weighted by atomic mass is 10.3. The fourth-order valence-electron chi connectivity index (χ4n) is 1.72. The average Bonchev–Trinajstić information content (AvgIpc) is 2.84. The van der Waals surface area contributed by atoms with E-state index in [4.69, 9.17) is 0 Å². The van der Waals surface area contributed by atoms with E-state index in [1.54, 1.807) is 11.8 Å². The predicted octanol–water partition coefficient (Wildman–Crippen LogP) is 3.24. The van der Waals surface area contributed by atoms with Crippen LogP contribution in [0.3, 0.4) is 0 Å². The van der Waals surface area contributed by atoms with Crippen molar-refractivity contribution < 1.29 is 0 Å². The molecule has 0 saturated carbocycles. The first-order chi connectivity index (χ1) is 8.33. The first-order valence-corrected chi connectivity index (χ1v) is 6.94. The van der Waals surface area contributed by atoms with Crippen LogP contribution in [0.5, 0.6) is 0 Å². The van der Waals surface area contributed by atoms with Crippen LogP contribution in [-0.2, 0) is 13.1 Å². The number of aromatic nitrogens is 2. The van der Waals surface area contributed by atoms with Crippen LogP contribution in [0.1, 0.15) is 12.6 Å². The van der Waals surface area contributed by atoms with Crippen LogP contribution in [0.2, 0.25) is 0 Å². The maximum Gasteiger partial charge on any atom is 0.0575 e. The van der Waals surface area contributed by atoms with Crippen LogP contribution in [-0.4, -0.2) is 16.0 Å². The number of aryl methyl sites for hydroxylation is 1. The Kier molecular flexibility index (Phi) is 4.09. The fraction of sp³-hybridized carbons (Fsp3) is 0.308. The average molecular weight is 247 g/mol. The van der Waals surface area contributed by atoms with Gasteiger partial charge < -0.3 is 5.32 Å². The van der Waals surface area contributed by atoms with Crippen LogP contribution >= 0.6 is 11.8 Å². The molecular weight excluding hydrogens is 230 g/mol. The molecule has 2 rings (SSSR count). The highest BCUT2D eigenvalue weighted by Gasteiger charge is 2.00. The second kappa shape index (κ2) is 5.77. The van der Waals surface area contributed by atoms with E-state index < -0.39 is 0 Å². The number of benzene rings is 1. The minimum Gasteiger partial charge on any atom is -0.379 e. The molecule has 1 aromatic heterocycles. The van der Waals surface area contributed by atoms with Crippen molar-refractivity contribution in [3.63, 3.8) is 0 Å². The number of thioether (sulfide) groups is 1. The van der Waals surface area contributed by atoms with E-state index in [0.717, 1.165) is 18.8 Å². The Bertz CT molecular complexity index is 479. The molecular formula is C13H17N3S. The van der Waals surface area contributed by atoms with Gasteiger partial charge in [-0.05, 0) is 37.4 Å². The van der Waals surface area contributed by atoms with Gasteiger partial charge in [0.1, 0.15) is 0 Å². The van der Waals surface area contributed by atoms with Crippen LogP contribution < -0.4 is 5.32 Å².